The average molecular weight is 352 g/mol. The molecule has 3 atom stereocenters. The number of rotatable bonds is 7. The van der Waals surface area contributed by atoms with E-state index in [-0.39, 0.29) is 18.0 Å². The van der Waals surface area contributed by atoms with Crippen LogP contribution >= 0.6 is 0 Å². The Morgan fingerprint density at radius 1 is 1.20 bits per heavy atom. The molecule has 0 radical (unpaired) electrons. The monoisotopic (exact) mass is 352 g/mol. The summed E-state index contributed by atoms with van der Waals surface area (Å²) in [7, 11) is -1.00. The Balaban J connectivity index is 1.54. The number of likely N-dealkylation sites (tertiary alicyclic amines) is 1. The number of aliphatic hydroxyl groups is 1. The van der Waals surface area contributed by atoms with Gasteiger partial charge in [0.15, 0.2) is 11.5 Å². The Kier molecular flexibility index (Phi) is 5.26. The number of ether oxygens (including phenoxy) is 3. The molecular formula is C20H31NO4. The minimum atomic E-state index is -2.50. The number of β-amino-alcohol motifs (C(OH)–C–C–N with tert-alkyl or cyclic N) is 1. The average Bonchev–Trinajstić information content (AvgIpc) is 3.08. The number of nitrogens with zero attached hydrogens (tertiary/aromatic N) is 1. The van der Waals surface area contributed by atoms with Gasteiger partial charge in [0.25, 0.3) is 0 Å². The van der Waals surface area contributed by atoms with Crippen LogP contribution in [0.15, 0.2) is 18.2 Å². The first-order valence-corrected chi connectivity index (χ1v) is 9.25. The van der Waals surface area contributed by atoms with E-state index in [9.17, 15) is 5.11 Å². The van der Waals surface area contributed by atoms with E-state index in [4.69, 9.17) is 18.3 Å². The van der Waals surface area contributed by atoms with Crippen molar-refractivity contribution in [3.63, 3.8) is 0 Å². The van der Waals surface area contributed by atoms with Crippen LogP contribution in [0.1, 0.15) is 41.8 Å². The van der Waals surface area contributed by atoms with Gasteiger partial charge in [-0.25, -0.2) is 0 Å². The van der Waals surface area contributed by atoms with Crippen molar-refractivity contribution in [3.8, 4) is 11.5 Å². The van der Waals surface area contributed by atoms with E-state index in [1.54, 1.807) is 12.1 Å². The van der Waals surface area contributed by atoms with Gasteiger partial charge in [-0.15, -0.1) is 0 Å². The number of hydrogen-bond donors (Lipinski definition) is 1. The Morgan fingerprint density at radius 3 is 2.84 bits per heavy atom. The highest BCUT2D eigenvalue weighted by molar-refractivity contribution is 5.42. The second kappa shape index (κ2) is 8.88. The van der Waals surface area contributed by atoms with Crippen molar-refractivity contribution in [1.29, 1.82) is 0 Å². The lowest BCUT2D eigenvalue weighted by molar-refractivity contribution is -0.0316. The Labute approximate surface area is 155 Å². The van der Waals surface area contributed by atoms with Crippen LogP contribution in [0.5, 0.6) is 11.5 Å². The zero-order valence-corrected chi connectivity index (χ0v) is 14.9. The summed E-state index contributed by atoms with van der Waals surface area (Å²) in [4.78, 5) is 2.39. The number of hydrogen-bond acceptors (Lipinski definition) is 5. The summed E-state index contributed by atoms with van der Waals surface area (Å²) in [5, 5.41) is 9.84. The van der Waals surface area contributed by atoms with Crippen LogP contribution in [0.25, 0.3) is 0 Å². The first-order chi connectivity index (χ1) is 13.4. The highest BCUT2D eigenvalue weighted by Gasteiger charge is 2.34. The molecule has 2 aliphatic rings. The molecule has 1 saturated heterocycles. The van der Waals surface area contributed by atoms with E-state index in [1.807, 2.05) is 6.07 Å². The molecule has 5 heteroatoms. The van der Waals surface area contributed by atoms with E-state index in [0.717, 1.165) is 44.3 Å². The van der Waals surface area contributed by atoms with Gasteiger partial charge in [0, 0.05) is 19.1 Å². The maximum Gasteiger partial charge on any atom is 0.160 e. The van der Waals surface area contributed by atoms with Crippen molar-refractivity contribution in [1.82, 2.24) is 4.90 Å². The first-order valence-electron chi connectivity index (χ1n) is 10.8. The molecule has 3 rings (SSSR count). The molecule has 0 amide bonds. The molecule has 1 unspecified atom stereocenters. The molecule has 1 heterocycles. The molecule has 25 heavy (non-hydrogen) atoms. The van der Waals surface area contributed by atoms with E-state index in [2.05, 4.69) is 4.90 Å². The standard InChI is InChI=1S/C20H31NO4/c1-23-19-8-7-15(13-20(19)24-2)10-12-25-18-6-4-3-5-17(18)21-11-9-16(22)14-21/h7-8,13,16-18,22H,3-6,9-12,14H2,1-2H3/t16-,17?,18+/m1/s1/i1D3. The number of aliphatic hydroxyl groups excluding tert-OH is 1. The van der Waals surface area contributed by atoms with Crippen molar-refractivity contribution in [2.45, 2.75) is 56.8 Å². The van der Waals surface area contributed by atoms with Crippen LogP contribution in [0.4, 0.5) is 0 Å². The molecule has 1 aliphatic heterocycles. The molecule has 0 bridgehead atoms. The van der Waals surface area contributed by atoms with Crippen LogP contribution in [-0.2, 0) is 11.2 Å². The molecular weight excluding hydrogens is 318 g/mol. The topological polar surface area (TPSA) is 51.2 Å². The molecule has 1 aromatic carbocycles. The summed E-state index contributed by atoms with van der Waals surface area (Å²) in [6.07, 6.45) is 6.18. The molecule has 1 saturated carbocycles. The van der Waals surface area contributed by atoms with Gasteiger partial charge in [-0.2, -0.15) is 0 Å². The highest BCUT2D eigenvalue weighted by atomic mass is 16.5. The zero-order valence-electron chi connectivity index (χ0n) is 17.9. The van der Waals surface area contributed by atoms with Crippen molar-refractivity contribution in [2.24, 2.45) is 0 Å². The van der Waals surface area contributed by atoms with Crippen LogP contribution in [0, 0.1) is 0 Å². The fourth-order valence-corrected chi connectivity index (χ4v) is 4.04. The van der Waals surface area contributed by atoms with Crippen LogP contribution in [-0.4, -0.2) is 62.1 Å². The van der Waals surface area contributed by atoms with Gasteiger partial charge >= 0.3 is 0 Å². The normalized spacial score (nSPS) is 29.7. The number of methoxy groups -OCH3 is 2. The molecule has 1 aromatic rings. The second-order valence-electron chi connectivity index (χ2n) is 7.04. The summed E-state index contributed by atoms with van der Waals surface area (Å²) in [5.74, 6) is 0.627. The Hall–Kier alpha value is -1.30. The third kappa shape index (κ3) is 4.66. The van der Waals surface area contributed by atoms with Crippen molar-refractivity contribution < 1.29 is 23.4 Å². The van der Waals surface area contributed by atoms with E-state index in [1.165, 1.54) is 20.0 Å². The third-order valence-corrected chi connectivity index (χ3v) is 5.39. The summed E-state index contributed by atoms with van der Waals surface area (Å²) in [6.45, 7) is 2.31. The predicted octanol–water partition coefficient (Wildman–Crippen LogP) is 2.64. The maximum atomic E-state index is 9.84. The maximum absolute atomic E-state index is 9.84. The van der Waals surface area contributed by atoms with E-state index >= 15 is 0 Å². The van der Waals surface area contributed by atoms with Crippen LogP contribution in [0.3, 0.4) is 0 Å². The first kappa shape index (κ1) is 14.8. The Bertz CT molecular complexity index is 640. The van der Waals surface area contributed by atoms with Crippen molar-refractivity contribution >= 4 is 0 Å². The van der Waals surface area contributed by atoms with Gasteiger partial charge < -0.3 is 19.3 Å². The van der Waals surface area contributed by atoms with Gasteiger partial charge in [0.2, 0.25) is 0 Å². The molecule has 140 valence electrons. The predicted molar refractivity (Wildman–Crippen MR) is 97.4 cm³/mol. The fraction of sp³-hybridized carbons (Fsp3) is 0.700. The van der Waals surface area contributed by atoms with E-state index < -0.39 is 7.04 Å². The van der Waals surface area contributed by atoms with Gasteiger partial charge in [0.1, 0.15) is 0 Å². The summed E-state index contributed by atoms with van der Waals surface area (Å²) >= 11 is 0. The van der Waals surface area contributed by atoms with Gasteiger partial charge in [0.05, 0.1) is 37.1 Å². The molecule has 1 aliphatic carbocycles. The lowest BCUT2D eigenvalue weighted by Gasteiger charge is -2.37. The Morgan fingerprint density at radius 2 is 2.08 bits per heavy atom. The van der Waals surface area contributed by atoms with Gasteiger partial charge in [-0.05, 0) is 43.4 Å². The highest BCUT2D eigenvalue weighted by Crippen LogP contribution is 2.30. The quantitative estimate of drug-likeness (QED) is 0.818. The molecule has 0 aromatic heterocycles. The molecule has 2 fully saturated rings. The zero-order chi connectivity index (χ0) is 20.1. The lowest BCUT2D eigenvalue weighted by Crippen LogP contribution is -2.46. The van der Waals surface area contributed by atoms with Crippen molar-refractivity contribution in [2.75, 3.05) is 33.8 Å². The minimum absolute atomic E-state index is 0.203. The SMILES string of the molecule is [2H]C([2H])([2H])Oc1ccc(CCO[C@H]2CCCCC2N2CC[C@@H](O)C2)cc1OC. The summed E-state index contributed by atoms with van der Waals surface area (Å²) in [5.41, 5.74) is 1.01. The summed E-state index contributed by atoms with van der Waals surface area (Å²) < 4.78 is 38.2. The summed E-state index contributed by atoms with van der Waals surface area (Å²) in [6, 6.07) is 5.69. The third-order valence-electron chi connectivity index (χ3n) is 5.39. The van der Waals surface area contributed by atoms with Crippen LogP contribution in [0.2, 0.25) is 0 Å². The number of benzene rings is 1. The lowest BCUT2D eigenvalue weighted by atomic mass is 9.91. The largest absolute Gasteiger partial charge is 0.493 e. The van der Waals surface area contributed by atoms with Crippen molar-refractivity contribution in [3.05, 3.63) is 23.8 Å². The molecule has 0 spiro atoms. The van der Waals surface area contributed by atoms with E-state index in [0.29, 0.717) is 18.4 Å². The van der Waals surface area contributed by atoms with Gasteiger partial charge in [-0.1, -0.05) is 18.9 Å². The van der Waals surface area contributed by atoms with Crippen LogP contribution < -0.4 is 9.47 Å². The fourth-order valence-electron chi connectivity index (χ4n) is 4.04. The van der Waals surface area contributed by atoms with Gasteiger partial charge in [-0.3, -0.25) is 4.90 Å². The molecule has 5 nitrogen and oxygen atoms in total. The minimum Gasteiger partial charge on any atom is -0.493 e. The second-order valence-corrected chi connectivity index (χ2v) is 7.04. The smallest absolute Gasteiger partial charge is 0.160 e. The molecule has 1 N–H and O–H groups in total.